The number of carbonyl (C=O) groups excluding carboxylic acids is 2. The number of ether oxygens (including phenoxy) is 1. The second kappa shape index (κ2) is 9.30. The Bertz CT molecular complexity index is 898. The number of aromatic nitrogens is 3. The molecule has 3 rings (SSSR count). The fraction of sp³-hybridized carbons (Fsp3) is 0.500. The van der Waals surface area contributed by atoms with E-state index in [1.165, 1.54) is 18.9 Å². The molecule has 0 unspecified atom stereocenters. The molecule has 29 heavy (non-hydrogen) atoms. The van der Waals surface area contributed by atoms with E-state index in [4.69, 9.17) is 4.74 Å². The Labute approximate surface area is 175 Å². The number of amides is 2. The van der Waals surface area contributed by atoms with Crippen LogP contribution in [-0.2, 0) is 9.53 Å². The molecule has 1 aromatic heterocycles. The van der Waals surface area contributed by atoms with Gasteiger partial charge in [-0.1, -0.05) is 23.9 Å². The number of hydrogen-bond donors (Lipinski definition) is 0. The van der Waals surface area contributed by atoms with Gasteiger partial charge in [-0.2, -0.15) is 0 Å². The van der Waals surface area contributed by atoms with Crippen molar-refractivity contribution in [3.63, 3.8) is 0 Å². The molecule has 1 aliphatic rings. The quantitative estimate of drug-likeness (QED) is 0.712. The minimum Gasteiger partial charge on any atom is -0.453 e. The maximum atomic E-state index is 12.8. The van der Waals surface area contributed by atoms with E-state index in [2.05, 4.69) is 42.2 Å². The standard InChI is InChI=1S/C20H27N5O3S/c1-14-6-7-15(2)17(12-14)25-16(3)21-22-19(25)29-13-18(26)23-8-5-9-24(11-10-23)20(27)28-4/h6-7,12H,5,8-11,13H2,1-4H3. The van der Waals surface area contributed by atoms with Crippen molar-refractivity contribution in [1.29, 1.82) is 0 Å². The summed E-state index contributed by atoms with van der Waals surface area (Å²) in [5, 5.41) is 9.20. The molecule has 0 spiro atoms. The van der Waals surface area contributed by atoms with Crippen LogP contribution in [0, 0.1) is 20.8 Å². The van der Waals surface area contributed by atoms with Gasteiger partial charge in [0.15, 0.2) is 5.16 Å². The maximum Gasteiger partial charge on any atom is 0.409 e. The number of hydrogen-bond acceptors (Lipinski definition) is 6. The Hall–Kier alpha value is -2.55. The van der Waals surface area contributed by atoms with Crippen LogP contribution in [0.5, 0.6) is 0 Å². The highest BCUT2D eigenvalue weighted by molar-refractivity contribution is 7.99. The third kappa shape index (κ3) is 4.90. The molecule has 1 aliphatic heterocycles. The van der Waals surface area contributed by atoms with Gasteiger partial charge in [-0.25, -0.2) is 4.79 Å². The molecule has 8 nitrogen and oxygen atoms in total. The van der Waals surface area contributed by atoms with E-state index in [1.807, 2.05) is 11.5 Å². The smallest absolute Gasteiger partial charge is 0.409 e. The van der Waals surface area contributed by atoms with Crippen molar-refractivity contribution in [2.24, 2.45) is 0 Å². The predicted molar refractivity (Wildman–Crippen MR) is 111 cm³/mol. The molecule has 0 radical (unpaired) electrons. The molecule has 0 saturated carbocycles. The number of benzene rings is 1. The molecule has 0 N–H and O–H groups in total. The summed E-state index contributed by atoms with van der Waals surface area (Å²) in [4.78, 5) is 27.9. The van der Waals surface area contributed by atoms with Gasteiger partial charge in [-0.05, 0) is 44.4 Å². The molecule has 0 aliphatic carbocycles. The highest BCUT2D eigenvalue weighted by Crippen LogP contribution is 2.25. The molecule has 1 aromatic carbocycles. The number of rotatable bonds is 4. The van der Waals surface area contributed by atoms with Gasteiger partial charge in [-0.3, -0.25) is 9.36 Å². The highest BCUT2D eigenvalue weighted by atomic mass is 32.2. The van der Waals surface area contributed by atoms with Gasteiger partial charge in [-0.15, -0.1) is 10.2 Å². The largest absolute Gasteiger partial charge is 0.453 e. The van der Waals surface area contributed by atoms with Crippen molar-refractivity contribution in [3.8, 4) is 5.69 Å². The monoisotopic (exact) mass is 417 g/mol. The van der Waals surface area contributed by atoms with Crippen LogP contribution < -0.4 is 0 Å². The average molecular weight is 418 g/mol. The topological polar surface area (TPSA) is 80.6 Å². The van der Waals surface area contributed by atoms with Gasteiger partial charge in [0.25, 0.3) is 0 Å². The molecule has 0 bridgehead atoms. The molecule has 1 saturated heterocycles. The Kier molecular flexibility index (Phi) is 6.79. The number of carbonyl (C=O) groups is 2. The normalized spacial score (nSPS) is 14.6. The van der Waals surface area contributed by atoms with E-state index in [0.29, 0.717) is 31.3 Å². The van der Waals surface area contributed by atoms with E-state index >= 15 is 0 Å². The number of nitrogens with zero attached hydrogens (tertiary/aromatic N) is 5. The van der Waals surface area contributed by atoms with Crippen LogP contribution >= 0.6 is 11.8 Å². The minimum atomic E-state index is -0.342. The Balaban J connectivity index is 1.67. The molecule has 2 heterocycles. The fourth-order valence-corrected chi connectivity index (χ4v) is 4.26. The second-order valence-corrected chi connectivity index (χ2v) is 8.08. The first-order chi connectivity index (χ1) is 13.9. The van der Waals surface area contributed by atoms with Crippen LogP contribution in [0.15, 0.2) is 23.4 Å². The Morgan fingerprint density at radius 1 is 1.07 bits per heavy atom. The average Bonchev–Trinajstić information content (AvgIpc) is 2.91. The van der Waals surface area contributed by atoms with Crippen molar-refractivity contribution in [3.05, 3.63) is 35.2 Å². The van der Waals surface area contributed by atoms with Crippen molar-refractivity contribution in [1.82, 2.24) is 24.6 Å². The van der Waals surface area contributed by atoms with E-state index in [0.717, 1.165) is 29.1 Å². The summed E-state index contributed by atoms with van der Waals surface area (Å²) >= 11 is 1.39. The number of methoxy groups -OCH3 is 1. The fourth-order valence-electron chi connectivity index (χ4n) is 3.37. The Morgan fingerprint density at radius 3 is 2.55 bits per heavy atom. The summed E-state index contributed by atoms with van der Waals surface area (Å²) < 4.78 is 6.78. The molecule has 2 aromatic rings. The zero-order chi connectivity index (χ0) is 21.0. The lowest BCUT2D eigenvalue weighted by Gasteiger charge is -2.21. The molecule has 2 amide bonds. The van der Waals surface area contributed by atoms with Gasteiger partial charge < -0.3 is 14.5 Å². The van der Waals surface area contributed by atoms with Gasteiger partial charge in [0.1, 0.15) is 5.82 Å². The second-order valence-electron chi connectivity index (χ2n) is 7.14. The van der Waals surface area contributed by atoms with Crippen LogP contribution in [0.25, 0.3) is 5.69 Å². The van der Waals surface area contributed by atoms with Crippen LogP contribution in [0.3, 0.4) is 0 Å². The van der Waals surface area contributed by atoms with Gasteiger partial charge >= 0.3 is 6.09 Å². The summed E-state index contributed by atoms with van der Waals surface area (Å²) in [6, 6.07) is 6.26. The van der Waals surface area contributed by atoms with E-state index in [9.17, 15) is 9.59 Å². The van der Waals surface area contributed by atoms with Crippen molar-refractivity contribution >= 4 is 23.8 Å². The molecule has 9 heteroatoms. The first-order valence-electron chi connectivity index (χ1n) is 9.64. The van der Waals surface area contributed by atoms with Crippen molar-refractivity contribution in [2.45, 2.75) is 32.3 Å². The van der Waals surface area contributed by atoms with Crippen molar-refractivity contribution in [2.75, 3.05) is 39.0 Å². The van der Waals surface area contributed by atoms with Gasteiger partial charge in [0.05, 0.1) is 18.6 Å². The first-order valence-corrected chi connectivity index (χ1v) is 10.6. The maximum absolute atomic E-state index is 12.8. The summed E-state index contributed by atoms with van der Waals surface area (Å²) in [7, 11) is 1.38. The lowest BCUT2D eigenvalue weighted by molar-refractivity contribution is -0.128. The van der Waals surface area contributed by atoms with Gasteiger partial charge in [0.2, 0.25) is 5.91 Å². The summed E-state index contributed by atoms with van der Waals surface area (Å²) in [5.74, 6) is 1.10. The first kappa shape index (κ1) is 21.2. The van der Waals surface area contributed by atoms with Crippen LogP contribution in [0.4, 0.5) is 4.79 Å². The zero-order valence-electron chi connectivity index (χ0n) is 17.3. The molecule has 1 fully saturated rings. The lowest BCUT2D eigenvalue weighted by atomic mass is 10.1. The third-order valence-electron chi connectivity index (χ3n) is 5.01. The van der Waals surface area contributed by atoms with Crippen LogP contribution in [0.2, 0.25) is 0 Å². The SMILES string of the molecule is COC(=O)N1CCCN(C(=O)CSc2nnc(C)n2-c2cc(C)ccc2C)CC1. The highest BCUT2D eigenvalue weighted by Gasteiger charge is 2.23. The van der Waals surface area contributed by atoms with E-state index in [-0.39, 0.29) is 17.8 Å². The van der Waals surface area contributed by atoms with Crippen LogP contribution in [-0.4, -0.2) is 75.6 Å². The van der Waals surface area contributed by atoms with E-state index in [1.54, 1.807) is 9.80 Å². The third-order valence-corrected chi connectivity index (χ3v) is 5.92. The van der Waals surface area contributed by atoms with E-state index < -0.39 is 0 Å². The summed E-state index contributed by atoms with van der Waals surface area (Å²) in [6.45, 7) is 8.25. The minimum absolute atomic E-state index is 0.0369. The molecule has 0 atom stereocenters. The number of aryl methyl sites for hydroxylation is 3. The predicted octanol–water partition coefficient (Wildman–Crippen LogP) is 2.59. The lowest BCUT2D eigenvalue weighted by Crippen LogP contribution is -2.38. The molecular weight excluding hydrogens is 390 g/mol. The number of thioether (sulfide) groups is 1. The summed E-state index contributed by atoms with van der Waals surface area (Å²) in [5.41, 5.74) is 3.32. The molecular formula is C20H27N5O3S. The zero-order valence-corrected chi connectivity index (χ0v) is 18.2. The van der Waals surface area contributed by atoms with Crippen molar-refractivity contribution < 1.29 is 14.3 Å². The summed E-state index contributed by atoms with van der Waals surface area (Å²) in [6.07, 6.45) is 0.397. The van der Waals surface area contributed by atoms with Crippen LogP contribution in [0.1, 0.15) is 23.4 Å². The Morgan fingerprint density at radius 2 is 1.79 bits per heavy atom. The molecule has 156 valence electrons. The van der Waals surface area contributed by atoms with Gasteiger partial charge in [0, 0.05) is 26.2 Å².